The number of ether oxygens (including phenoxy) is 1. The number of aromatic amines is 1. The van der Waals surface area contributed by atoms with E-state index in [9.17, 15) is 0 Å². The lowest BCUT2D eigenvalue weighted by atomic mass is 9.99. The molecule has 0 aromatic carbocycles. The maximum Gasteiger partial charge on any atom is 0.222 e. The lowest BCUT2D eigenvalue weighted by Gasteiger charge is -2.30. The van der Waals surface area contributed by atoms with Crippen molar-refractivity contribution in [3.8, 4) is 28.4 Å². The highest BCUT2D eigenvalue weighted by Crippen LogP contribution is 2.31. The van der Waals surface area contributed by atoms with Crippen molar-refractivity contribution in [2.75, 3.05) is 18.6 Å². The van der Waals surface area contributed by atoms with E-state index in [1.54, 1.807) is 6.20 Å². The predicted octanol–water partition coefficient (Wildman–Crippen LogP) is 3.67. The molecular weight excluding hydrogens is 390 g/mol. The second-order valence-corrected chi connectivity index (χ2v) is 8.42. The topological polar surface area (TPSA) is 106 Å². The van der Waals surface area contributed by atoms with Crippen LogP contribution in [0, 0.1) is 5.92 Å². The van der Waals surface area contributed by atoms with E-state index >= 15 is 0 Å². The number of nitrogens with zero attached hydrogens (tertiary/aromatic N) is 5. The van der Waals surface area contributed by atoms with Crippen molar-refractivity contribution < 1.29 is 4.74 Å². The summed E-state index contributed by atoms with van der Waals surface area (Å²) in [5, 5.41) is 15.8. The molecule has 1 fully saturated rings. The van der Waals surface area contributed by atoms with Gasteiger partial charge in [-0.05, 0) is 62.8 Å². The molecule has 8 heteroatoms. The summed E-state index contributed by atoms with van der Waals surface area (Å²) in [6.07, 6.45) is 7.98. The van der Waals surface area contributed by atoms with Crippen LogP contribution in [0.1, 0.15) is 39.5 Å². The molecule has 164 valence electrons. The minimum atomic E-state index is 0.250. The summed E-state index contributed by atoms with van der Waals surface area (Å²) in [5.74, 6) is 2.09. The van der Waals surface area contributed by atoms with Crippen LogP contribution < -0.4 is 15.4 Å². The Balaban J connectivity index is 1.55. The maximum absolute atomic E-state index is 6.30. The zero-order chi connectivity index (χ0) is 21.8. The minimum absolute atomic E-state index is 0.250. The van der Waals surface area contributed by atoms with Crippen molar-refractivity contribution in [1.29, 1.82) is 0 Å². The van der Waals surface area contributed by atoms with Crippen molar-refractivity contribution >= 4 is 5.82 Å². The van der Waals surface area contributed by atoms with Crippen LogP contribution in [-0.2, 0) is 0 Å². The first-order valence-electron chi connectivity index (χ1n) is 11.0. The Labute approximate surface area is 183 Å². The molecule has 1 saturated carbocycles. The number of nitrogens with two attached hydrogens (primary N) is 1. The molecule has 31 heavy (non-hydrogen) atoms. The first-order chi connectivity index (χ1) is 15.0. The van der Waals surface area contributed by atoms with Crippen molar-refractivity contribution in [3.63, 3.8) is 0 Å². The Morgan fingerprint density at radius 1 is 1.13 bits per heavy atom. The Bertz CT molecular complexity index is 962. The summed E-state index contributed by atoms with van der Waals surface area (Å²) >= 11 is 0. The smallest absolute Gasteiger partial charge is 0.222 e. The van der Waals surface area contributed by atoms with E-state index in [1.165, 1.54) is 6.42 Å². The van der Waals surface area contributed by atoms with E-state index in [-0.39, 0.29) is 6.04 Å². The summed E-state index contributed by atoms with van der Waals surface area (Å²) < 4.78 is 5.78. The van der Waals surface area contributed by atoms with Gasteiger partial charge in [0.2, 0.25) is 5.88 Å². The third kappa shape index (κ3) is 4.85. The maximum atomic E-state index is 6.30. The molecule has 1 unspecified atom stereocenters. The number of anilines is 1. The normalized spacial score (nSPS) is 21.5. The fourth-order valence-corrected chi connectivity index (χ4v) is 4.25. The van der Waals surface area contributed by atoms with Crippen LogP contribution in [-0.4, -0.2) is 51.1 Å². The van der Waals surface area contributed by atoms with Gasteiger partial charge < -0.3 is 15.4 Å². The average Bonchev–Trinajstić information content (AvgIpc) is 3.26. The van der Waals surface area contributed by atoms with Crippen LogP contribution in [0.5, 0.6) is 5.88 Å². The van der Waals surface area contributed by atoms with Crippen LogP contribution in [0.4, 0.5) is 5.82 Å². The van der Waals surface area contributed by atoms with Crippen LogP contribution in [0.15, 0.2) is 36.7 Å². The van der Waals surface area contributed by atoms with Crippen molar-refractivity contribution in [2.24, 2.45) is 11.7 Å². The van der Waals surface area contributed by atoms with Crippen LogP contribution in [0.25, 0.3) is 22.5 Å². The molecule has 3 aromatic heterocycles. The summed E-state index contributed by atoms with van der Waals surface area (Å²) in [7, 11) is 2.09. The molecule has 0 radical (unpaired) electrons. The Hall–Kier alpha value is -3.00. The average molecular weight is 422 g/mol. The first-order valence-corrected chi connectivity index (χ1v) is 11.0. The van der Waals surface area contributed by atoms with Gasteiger partial charge in [-0.25, -0.2) is 4.98 Å². The third-order valence-corrected chi connectivity index (χ3v) is 6.05. The van der Waals surface area contributed by atoms with Crippen molar-refractivity contribution in [2.45, 2.75) is 51.6 Å². The van der Waals surface area contributed by atoms with Gasteiger partial charge in [0.1, 0.15) is 5.69 Å². The van der Waals surface area contributed by atoms with Crippen molar-refractivity contribution in [1.82, 2.24) is 25.4 Å². The highest BCUT2D eigenvalue weighted by molar-refractivity contribution is 5.70. The van der Waals surface area contributed by atoms with E-state index < -0.39 is 0 Å². The lowest BCUT2D eigenvalue weighted by molar-refractivity contribution is 0.329. The zero-order valence-corrected chi connectivity index (χ0v) is 18.5. The molecule has 3 atom stereocenters. The zero-order valence-electron chi connectivity index (χ0n) is 18.5. The molecule has 4 rings (SSSR count). The third-order valence-electron chi connectivity index (χ3n) is 6.05. The lowest BCUT2D eigenvalue weighted by Crippen LogP contribution is -2.37. The minimum Gasteiger partial charge on any atom is -0.478 e. The van der Waals surface area contributed by atoms with Gasteiger partial charge in [0.05, 0.1) is 18.5 Å². The van der Waals surface area contributed by atoms with E-state index in [1.807, 2.05) is 37.4 Å². The number of hydrogen-bond donors (Lipinski definition) is 2. The van der Waals surface area contributed by atoms with Crippen molar-refractivity contribution in [3.05, 3.63) is 36.7 Å². The van der Waals surface area contributed by atoms with Gasteiger partial charge in [-0.1, -0.05) is 6.92 Å². The summed E-state index contributed by atoms with van der Waals surface area (Å²) in [4.78, 5) is 6.91. The van der Waals surface area contributed by atoms with Gasteiger partial charge in [0, 0.05) is 36.5 Å². The Morgan fingerprint density at radius 2 is 1.97 bits per heavy atom. The number of aromatic nitrogens is 5. The highest BCUT2D eigenvalue weighted by atomic mass is 16.5. The quantitative estimate of drug-likeness (QED) is 0.585. The standard InChI is InChI=1S/C23H31N7O/c1-4-31-23-19(16-13-25-26-14-16)7-8-20(27-23)21-9-10-22(29-28-21)30(3)18-11-15(2)5-6-17(24)12-18/h7-10,13-15,17-18H,4-6,11-12,24H2,1-3H3,(H,25,26)/t15-,17?,18+/m1/s1. The van der Waals surface area contributed by atoms with Crippen LogP contribution >= 0.6 is 0 Å². The number of rotatable bonds is 6. The largest absolute Gasteiger partial charge is 0.478 e. The SMILES string of the molecule is CCOc1nc(-c2ccc(N(C)[C@@H]3CC(N)CC[C@@H](C)C3)nn2)ccc1-c1cn[nH]c1. The number of nitrogens with one attached hydrogen (secondary N) is 1. The van der Waals surface area contributed by atoms with Gasteiger partial charge in [-0.15, -0.1) is 10.2 Å². The van der Waals surface area contributed by atoms with Crippen LogP contribution in [0.2, 0.25) is 0 Å². The second kappa shape index (κ2) is 9.43. The molecule has 3 N–H and O–H groups in total. The van der Waals surface area contributed by atoms with Gasteiger partial charge in [0.25, 0.3) is 0 Å². The van der Waals surface area contributed by atoms with Gasteiger partial charge >= 0.3 is 0 Å². The molecule has 3 heterocycles. The molecular formula is C23H31N7O. The molecule has 0 bridgehead atoms. The van der Waals surface area contributed by atoms with E-state index in [0.29, 0.717) is 30.1 Å². The monoisotopic (exact) mass is 421 g/mol. The molecule has 0 spiro atoms. The predicted molar refractivity (Wildman–Crippen MR) is 122 cm³/mol. The molecule has 8 nitrogen and oxygen atoms in total. The summed E-state index contributed by atoms with van der Waals surface area (Å²) in [5.41, 5.74) is 9.56. The molecule has 0 saturated heterocycles. The molecule has 3 aromatic rings. The van der Waals surface area contributed by atoms with Gasteiger partial charge in [-0.2, -0.15) is 5.10 Å². The van der Waals surface area contributed by atoms with Gasteiger partial charge in [0.15, 0.2) is 5.82 Å². The summed E-state index contributed by atoms with van der Waals surface area (Å²) in [6.45, 7) is 4.78. The fraction of sp³-hybridized carbons (Fsp3) is 0.478. The number of hydrogen-bond acceptors (Lipinski definition) is 7. The van der Waals surface area contributed by atoms with E-state index in [4.69, 9.17) is 10.5 Å². The van der Waals surface area contributed by atoms with E-state index in [0.717, 1.165) is 41.9 Å². The first kappa shape index (κ1) is 21.2. The molecule has 1 aliphatic rings. The fourth-order valence-electron chi connectivity index (χ4n) is 4.25. The number of pyridine rings is 1. The molecule has 0 amide bonds. The van der Waals surface area contributed by atoms with Crippen LogP contribution in [0.3, 0.4) is 0 Å². The van der Waals surface area contributed by atoms with E-state index in [2.05, 4.69) is 44.3 Å². The molecule has 0 aliphatic heterocycles. The highest BCUT2D eigenvalue weighted by Gasteiger charge is 2.25. The van der Waals surface area contributed by atoms with Gasteiger partial charge in [-0.3, -0.25) is 5.10 Å². The Kier molecular flexibility index (Phi) is 6.46. The molecule has 1 aliphatic carbocycles. The second-order valence-electron chi connectivity index (χ2n) is 8.42. The summed E-state index contributed by atoms with van der Waals surface area (Å²) in [6, 6.07) is 8.52. The number of H-pyrrole nitrogens is 1. The Morgan fingerprint density at radius 3 is 2.68 bits per heavy atom.